The number of carbonyl (C=O) groups is 2. The number of nitrogens with one attached hydrogen (secondary N) is 1. The molecule has 2 aliphatic rings. The van der Waals surface area contributed by atoms with Crippen LogP contribution in [0.4, 0.5) is 0 Å². The van der Waals surface area contributed by atoms with Gasteiger partial charge in [-0.2, -0.15) is 0 Å². The molecule has 2 fully saturated rings. The molecule has 0 radical (unpaired) electrons. The lowest BCUT2D eigenvalue weighted by Gasteiger charge is -2.42. The Morgan fingerprint density at radius 2 is 1.63 bits per heavy atom. The summed E-state index contributed by atoms with van der Waals surface area (Å²) in [5.41, 5.74) is 1.46. The molecule has 1 aromatic rings. The van der Waals surface area contributed by atoms with Crippen LogP contribution < -0.4 is 5.32 Å². The monoisotopic (exact) mass is 621 g/mol. The molecular formula is C34H59N3O5S. The number of hydrogen-bond acceptors (Lipinski definition) is 7. The maximum atomic E-state index is 14.8. The van der Waals surface area contributed by atoms with E-state index in [-0.39, 0.29) is 30.7 Å². The zero-order chi connectivity index (χ0) is 31.4. The molecule has 0 bridgehead atoms. The van der Waals surface area contributed by atoms with Gasteiger partial charge in [0, 0.05) is 31.3 Å². The van der Waals surface area contributed by atoms with Gasteiger partial charge in [0.2, 0.25) is 11.8 Å². The fraction of sp³-hybridized carbons (Fsp3) is 0.853. The standard InChI is InChI=1S/C34H59N3O5S/c1-24(2)16-30(38)32(40)29(17-25-12-10-7-11-13-25)37(20-26-14-8-5-6-9-15-26)33(41)27(18-28-21-43-23-36-28)19-31(39)35-22-34(3,4)42/h21,23-27,29-30,32,38,40,42H,5-20,22H2,1-4H3,(H,35,39)/t27-,29+,30+,32-/m1/s1. The van der Waals surface area contributed by atoms with Crippen molar-refractivity contribution in [1.82, 2.24) is 15.2 Å². The van der Waals surface area contributed by atoms with Gasteiger partial charge in [0.25, 0.3) is 0 Å². The Balaban J connectivity index is 1.96. The number of thiazole rings is 1. The predicted octanol–water partition coefficient (Wildman–Crippen LogP) is 5.48. The normalized spacial score (nSPS) is 20.3. The van der Waals surface area contributed by atoms with Crippen LogP contribution in [0.5, 0.6) is 0 Å². The molecular weight excluding hydrogens is 562 g/mol. The molecule has 4 N–H and O–H groups in total. The van der Waals surface area contributed by atoms with Crippen LogP contribution in [0, 0.1) is 23.7 Å². The van der Waals surface area contributed by atoms with E-state index in [0.29, 0.717) is 37.6 Å². The van der Waals surface area contributed by atoms with Crippen molar-refractivity contribution >= 4 is 23.2 Å². The van der Waals surface area contributed by atoms with E-state index in [4.69, 9.17) is 0 Å². The second-order valence-electron chi connectivity index (χ2n) is 14.5. The summed E-state index contributed by atoms with van der Waals surface area (Å²) < 4.78 is 0. The first kappa shape index (κ1) is 35.9. The van der Waals surface area contributed by atoms with Crippen LogP contribution in [0.1, 0.15) is 123 Å². The smallest absolute Gasteiger partial charge is 0.226 e. The Kier molecular flexibility index (Phi) is 14.9. The number of aliphatic hydroxyl groups excluding tert-OH is 2. The van der Waals surface area contributed by atoms with Gasteiger partial charge in [-0.15, -0.1) is 11.3 Å². The minimum Gasteiger partial charge on any atom is -0.390 e. The third-order valence-corrected chi connectivity index (χ3v) is 9.99. The fourth-order valence-corrected chi connectivity index (χ4v) is 7.56. The molecule has 4 atom stereocenters. The first-order valence-electron chi connectivity index (χ1n) is 17.0. The summed E-state index contributed by atoms with van der Waals surface area (Å²) in [6.45, 7) is 7.99. The maximum absolute atomic E-state index is 14.8. The van der Waals surface area contributed by atoms with E-state index in [0.717, 1.165) is 57.1 Å². The highest BCUT2D eigenvalue weighted by molar-refractivity contribution is 7.07. The minimum absolute atomic E-state index is 0.0194. The van der Waals surface area contributed by atoms with Crippen LogP contribution >= 0.6 is 11.3 Å². The van der Waals surface area contributed by atoms with Crippen molar-refractivity contribution in [3.63, 3.8) is 0 Å². The summed E-state index contributed by atoms with van der Waals surface area (Å²) in [6.07, 6.45) is 12.0. The zero-order valence-electron chi connectivity index (χ0n) is 27.2. The lowest BCUT2D eigenvalue weighted by Crippen LogP contribution is -2.55. The molecule has 0 unspecified atom stereocenters. The van der Waals surface area contributed by atoms with E-state index >= 15 is 0 Å². The van der Waals surface area contributed by atoms with Gasteiger partial charge in [-0.25, -0.2) is 4.98 Å². The lowest BCUT2D eigenvalue weighted by molar-refractivity contribution is -0.147. The van der Waals surface area contributed by atoms with E-state index < -0.39 is 29.8 Å². The largest absolute Gasteiger partial charge is 0.390 e. The minimum atomic E-state index is -1.06. The average molecular weight is 622 g/mol. The van der Waals surface area contributed by atoms with Gasteiger partial charge in [0.05, 0.1) is 34.9 Å². The first-order valence-corrected chi connectivity index (χ1v) is 17.9. The SMILES string of the molecule is CC(C)C[C@H](O)[C@H](O)[C@H](CC1CCCCC1)N(CC1CCCCCC1)C(=O)[C@@H](CC(=O)NCC(C)(C)O)Cc1cscn1. The molecule has 1 heterocycles. The fourth-order valence-electron chi connectivity index (χ4n) is 6.99. The van der Waals surface area contributed by atoms with E-state index in [1.807, 2.05) is 24.1 Å². The Morgan fingerprint density at radius 3 is 2.19 bits per heavy atom. The summed E-state index contributed by atoms with van der Waals surface area (Å²) in [7, 11) is 0. The number of nitrogens with zero attached hydrogens (tertiary/aromatic N) is 2. The third-order valence-electron chi connectivity index (χ3n) is 9.35. The molecule has 9 heteroatoms. The molecule has 2 aliphatic carbocycles. The van der Waals surface area contributed by atoms with Crippen molar-refractivity contribution < 1.29 is 24.9 Å². The van der Waals surface area contributed by atoms with Crippen LogP contribution in [0.15, 0.2) is 10.9 Å². The third kappa shape index (κ3) is 12.8. The second-order valence-corrected chi connectivity index (χ2v) is 15.2. The molecule has 43 heavy (non-hydrogen) atoms. The Bertz CT molecular complexity index is 936. The summed E-state index contributed by atoms with van der Waals surface area (Å²) in [5.74, 6) is -0.127. The molecule has 3 rings (SSSR count). The van der Waals surface area contributed by atoms with Gasteiger partial charge in [-0.1, -0.05) is 71.6 Å². The van der Waals surface area contributed by atoms with Crippen molar-refractivity contribution in [2.75, 3.05) is 13.1 Å². The van der Waals surface area contributed by atoms with Gasteiger partial charge in [0.15, 0.2) is 0 Å². The molecule has 0 spiro atoms. The van der Waals surface area contributed by atoms with Gasteiger partial charge in [-0.3, -0.25) is 9.59 Å². The number of carbonyl (C=O) groups excluding carboxylic acids is 2. The second kappa shape index (κ2) is 17.8. The molecule has 8 nitrogen and oxygen atoms in total. The quantitative estimate of drug-likeness (QED) is 0.181. The van der Waals surface area contributed by atoms with E-state index in [9.17, 15) is 24.9 Å². The van der Waals surface area contributed by atoms with Crippen LogP contribution in [0.3, 0.4) is 0 Å². The number of hydrogen-bond donors (Lipinski definition) is 4. The molecule has 2 amide bonds. The number of rotatable bonds is 16. The van der Waals surface area contributed by atoms with E-state index in [2.05, 4.69) is 10.3 Å². The summed E-state index contributed by atoms with van der Waals surface area (Å²) >= 11 is 1.47. The van der Waals surface area contributed by atoms with Gasteiger partial charge >= 0.3 is 0 Å². The molecule has 0 saturated heterocycles. The molecule has 2 saturated carbocycles. The Labute approximate surface area is 264 Å². The van der Waals surface area contributed by atoms with Crippen molar-refractivity contribution in [2.24, 2.45) is 23.7 Å². The van der Waals surface area contributed by atoms with Gasteiger partial charge < -0.3 is 25.5 Å². The highest BCUT2D eigenvalue weighted by Gasteiger charge is 2.40. The lowest BCUT2D eigenvalue weighted by atomic mass is 9.81. The molecule has 246 valence electrons. The van der Waals surface area contributed by atoms with Crippen LogP contribution in [0.25, 0.3) is 0 Å². The van der Waals surface area contributed by atoms with Crippen molar-refractivity contribution in [2.45, 2.75) is 148 Å². The van der Waals surface area contributed by atoms with Gasteiger partial charge in [0.1, 0.15) is 6.10 Å². The topological polar surface area (TPSA) is 123 Å². The van der Waals surface area contributed by atoms with Crippen molar-refractivity contribution in [1.29, 1.82) is 0 Å². The summed E-state index contributed by atoms with van der Waals surface area (Å²) in [4.78, 5) is 34.3. The first-order chi connectivity index (χ1) is 20.4. The zero-order valence-corrected chi connectivity index (χ0v) is 28.0. The van der Waals surface area contributed by atoms with E-state index in [1.165, 1.54) is 30.6 Å². The predicted molar refractivity (Wildman–Crippen MR) is 173 cm³/mol. The van der Waals surface area contributed by atoms with Crippen molar-refractivity contribution in [3.05, 3.63) is 16.6 Å². The van der Waals surface area contributed by atoms with Crippen LogP contribution in [0.2, 0.25) is 0 Å². The van der Waals surface area contributed by atoms with Crippen molar-refractivity contribution in [3.8, 4) is 0 Å². The number of amides is 2. The highest BCUT2D eigenvalue weighted by Crippen LogP contribution is 2.34. The van der Waals surface area contributed by atoms with Crippen LogP contribution in [-0.2, 0) is 16.0 Å². The Morgan fingerprint density at radius 1 is 1.02 bits per heavy atom. The summed E-state index contributed by atoms with van der Waals surface area (Å²) in [5, 5.41) is 37.9. The highest BCUT2D eigenvalue weighted by atomic mass is 32.1. The average Bonchev–Trinajstić information content (AvgIpc) is 3.33. The van der Waals surface area contributed by atoms with E-state index in [1.54, 1.807) is 19.4 Å². The maximum Gasteiger partial charge on any atom is 0.226 e. The Hall–Kier alpha value is -1.55. The number of aromatic nitrogens is 1. The van der Waals surface area contributed by atoms with Gasteiger partial charge in [-0.05, 0) is 57.3 Å². The molecule has 1 aromatic heterocycles. The molecule has 0 aliphatic heterocycles. The molecule has 0 aromatic carbocycles. The summed E-state index contributed by atoms with van der Waals surface area (Å²) in [6, 6.07) is -0.509. The number of aliphatic hydroxyl groups is 3. The van der Waals surface area contributed by atoms with Crippen LogP contribution in [-0.4, -0.2) is 74.0 Å².